The molecular weight excluding hydrogens is 344 g/mol. The lowest BCUT2D eigenvalue weighted by Crippen LogP contribution is -2.60. The summed E-state index contributed by atoms with van der Waals surface area (Å²) >= 11 is 1.40. The molecule has 5 heteroatoms. The lowest BCUT2D eigenvalue weighted by atomic mass is 9.53. The molecule has 0 aliphatic heterocycles. The third-order valence-electron chi connectivity index (χ3n) is 6.21. The maximum Gasteiger partial charge on any atom is 0.234 e. The molecule has 4 aliphatic carbocycles. The van der Waals surface area contributed by atoms with Crippen molar-refractivity contribution in [2.45, 2.75) is 51.0 Å². The molecule has 0 saturated heterocycles. The molecule has 4 aliphatic rings. The Morgan fingerprint density at radius 1 is 1.04 bits per heavy atom. The summed E-state index contributed by atoms with van der Waals surface area (Å²) in [4.78, 5) is 24.5. The predicted molar refractivity (Wildman–Crippen MR) is 106 cm³/mol. The number of amides is 2. The number of benzene rings is 1. The van der Waals surface area contributed by atoms with Crippen LogP contribution in [-0.4, -0.2) is 28.9 Å². The molecule has 0 spiro atoms. The summed E-state index contributed by atoms with van der Waals surface area (Å²) in [6.45, 7) is 2.00. The summed E-state index contributed by atoms with van der Waals surface area (Å²) in [5.41, 5.74) is 2.00. The molecule has 1 aromatic rings. The smallest absolute Gasteiger partial charge is 0.234 e. The highest BCUT2D eigenvalue weighted by atomic mass is 32.2. The van der Waals surface area contributed by atoms with Crippen LogP contribution in [0.25, 0.3) is 0 Å². The molecule has 4 nitrogen and oxygen atoms in total. The van der Waals surface area contributed by atoms with Gasteiger partial charge in [-0.25, -0.2) is 0 Å². The highest BCUT2D eigenvalue weighted by molar-refractivity contribution is 8.00. The summed E-state index contributed by atoms with van der Waals surface area (Å²) in [5, 5.41) is 6.26. The maximum atomic E-state index is 12.4. The van der Waals surface area contributed by atoms with Crippen LogP contribution in [0.15, 0.2) is 24.3 Å². The molecule has 140 valence electrons. The summed E-state index contributed by atoms with van der Waals surface area (Å²) in [6.07, 6.45) is 7.64. The Morgan fingerprint density at radius 3 is 2.27 bits per heavy atom. The van der Waals surface area contributed by atoms with Crippen molar-refractivity contribution >= 4 is 29.3 Å². The predicted octanol–water partition coefficient (Wildman–Crippen LogP) is 3.75. The number of carbonyl (C=O) groups is 2. The highest BCUT2D eigenvalue weighted by Gasteiger charge is 2.51. The van der Waals surface area contributed by atoms with Crippen LogP contribution >= 0.6 is 11.8 Å². The first-order valence-corrected chi connectivity index (χ1v) is 10.9. The Kier molecular flexibility index (Phi) is 5.00. The monoisotopic (exact) mass is 372 g/mol. The Balaban J connectivity index is 1.21. The lowest BCUT2D eigenvalue weighted by molar-refractivity contribution is -0.124. The quantitative estimate of drug-likeness (QED) is 0.799. The topological polar surface area (TPSA) is 58.2 Å². The van der Waals surface area contributed by atoms with E-state index in [2.05, 4.69) is 10.6 Å². The van der Waals surface area contributed by atoms with E-state index in [9.17, 15) is 9.59 Å². The van der Waals surface area contributed by atoms with Gasteiger partial charge in [-0.2, -0.15) is 0 Å². The zero-order valence-corrected chi connectivity index (χ0v) is 16.2. The van der Waals surface area contributed by atoms with E-state index in [0.717, 1.165) is 29.0 Å². The number of nitrogens with one attached hydrogen (secondary N) is 2. The van der Waals surface area contributed by atoms with Crippen molar-refractivity contribution in [1.29, 1.82) is 0 Å². The molecule has 0 aromatic heterocycles. The molecule has 0 heterocycles. The Hall–Kier alpha value is -1.49. The highest BCUT2D eigenvalue weighted by Crippen LogP contribution is 2.55. The van der Waals surface area contributed by atoms with Gasteiger partial charge in [0.1, 0.15) is 0 Å². The van der Waals surface area contributed by atoms with Crippen LogP contribution in [0.4, 0.5) is 5.69 Å². The van der Waals surface area contributed by atoms with Gasteiger partial charge in [-0.15, -0.1) is 11.8 Å². The van der Waals surface area contributed by atoms with E-state index >= 15 is 0 Å². The van der Waals surface area contributed by atoms with Gasteiger partial charge in [-0.05, 0) is 80.9 Å². The summed E-state index contributed by atoms with van der Waals surface area (Å²) in [6, 6.07) is 7.76. The fourth-order valence-corrected chi connectivity index (χ4v) is 6.37. The standard InChI is InChI=1S/C21H28N2O2S/c1-14-3-2-4-18(5-14)22-19(24)12-26-13-20(25)23-21-9-15-6-16(10-21)8-17(7-15)11-21/h2-5,15-17H,6-13H2,1H3,(H,22,24)(H,23,25). The van der Waals surface area contributed by atoms with E-state index in [-0.39, 0.29) is 17.4 Å². The number of anilines is 1. The lowest BCUT2D eigenvalue weighted by Gasteiger charge is -2.56. The van der Waals surface area contributed by atoms with Gasteiger partial charge in [-0.1, -0.05) is 12.1 Å². The molecule has 0 unspecified atom stereocenters. The van der Waals surface area contributed by atoms with Gasteiger partial charge < -0.3 is 10.6 Å². The van der Waals surface area contributed by atoms with Gasteiger partial charge in [0.05, 0.1) is 11.5 Å². The van der Waals surface area contributed by atoms with Crippen LogP contribution in [0.3, 0.4) is 0 Å². The number of aryl methyl sites for hydroxylation is 1. The van der Waals surface area contributed by atoms with Crippen molar-refractivity contribution in [3.05, 3.63) is 29.8 Å². The number of hydrogen-bond acceptors (Lipinski definition) is 3. The minimum atomic E-state index is -0.0526. The molecule has 26 heavy (non-hydrogen) atoms. The molecule has 4 bridgehead atoms. The van der Waals surface area contributed by atoms with E-state index in [1.54, 1.807) is 0 Å². The molecule has 0 radical (unpaired) electrons. The molecule has 0 atom stereocenters. The molecule has 2 amide bonds. The second kappa shape index (κ2) is 7.26. The van der Waals surface area contributed by atoms with E-state index < -0.39 is 0 Å². The summed E-state index contributed by atoms with van der Waals surface area (Å²) < 4.78 is 0. The number of rotatable bonds is 6. The van der Waals surface area contributed by atoms with Crippen molar-refractivity contribution in [1.82, 2.24) is 5.32 Å². The Bertz CT molecular complexity index is 668. The molecule has 5 rings (SSSR count). The van der Waals surface area contributed by atoms with Gasteiger partial charge in [0, 0.05) is 11.2 Å². The molecule has 2 N–H and O–H groups in total. The number of thioether (sulfide) groups is 1. The number of carbonyl (C=O) groups excluding carboxylic acids is 2. The van der Waals surface area contributed by atoms with Gasteiger partial charge >= 0.3 is 0 Å². The van der Waals surface area contributed by atoms with Gasteiger partial charge in [-0.3, -0.25) is 9.59 Å². The first kappa shape index (κ1) is 17.9. The summed E-state index contributed by atoms with van der Waals surface area (Å²) in [5.74, 6) is 3.20. The second-order valence-electron chi connectivity index (χ2n) is 8.66. The van der Waals surface area contributed by atoms with Gasteiger partial charge in [0.25, 0.3) is 0 Å². The van der Waals surface area contributed by atoms with Crippen LogP contribution in [0.2, 0.25) is 0 Å². The Morgan fingerprint density at radius 2 is 1.65 bits per heavy atom. The third kappa shape index (κ3) is 4.08. The van der Waals surface area contributed by atoms with Gasteiger partial charge in [0.15, 0.2) is 0 Å². The van der Waals surface area contributed by atoms with Crippen LogP contribution in [0, 0.1) is 24.7 Å². The van der Waals surface area contributed by atoms with Crippen molar-refractivity contribution in [3.63, 3.8) is 0 Å². The van der Waals surface area contributed by atoms with Crippen molar-refractivity contribution in [2.24, 2.45) is 17.8 Å². The Labute approximate surface area is 159 Å². The normalized spacial score (nSPS) is 31.7. The molecule has 4 fully saturated rings. The van der Waals surface area contributed by atoms with Crippen LogP contribution in [0.1, 0.15) is 44.1 Å². The molecule has 1 aromatic carbocycles. The third-order valence-corrected chi connectivity index (χ3v) is 7.14. The van der Waals surface area contributed by atoms with Gasteiger partial charge in [0.2, 0.25) is 11.8 Å². The first-order chi connectivity index (χ1) is 12.5. The average Bonchev–Trinajstić information content (AvgIpc) is 2.52. The molecule has 4 saturated carbocycles. The van der Waals surface area contributed by atoms with E-state index in [1.807, 2.05) is 31.2 Å². The first-order valence-electron chi connectivity index (χ1n) is 9.75. The van der Waals surface area contributed by atoms with Crippen molar-refractivity contribution in [3.8, 4) is 0 Å². The minimum absolute atomic E-state index is 0.0526. The largest absolute Gasteiger partial charge is 0.350 e. The van der Waals surface area contributed by atoms with Crippen LogP contribution in [-0.2, 0) is 9.59 Å². The zero-order chi connectivity index (χ0) is 18.1. The second-order valence-corrected chi connectivity index (χ2v) is 9.64. The van der Waals surface area contributed by atoms with Crippen molar-refractivity contribution < 1.29 is 9.59 Å². The van der Waals surface area contributed by atoms with Crippen molar-refractivity contribution in [2.75, 3.05) is 16.8 Å². The average molecular weight is 373 g/mol. The van der Waals surface area contributed by atoms with E-state index in [0.29, 0.717) is 11.5 Å². The summed E-state index contributed by atoms with van der Waals surface area (Å²) in [7, 11) is 0. The zero-order valence-electron chi connectivity index (χ0n) is 15.4. The minimum Gasteiger partial charge on any atom is -0.350 e. The van der Waals surface area contributed by atoms with Crippen LogP contribution < -0.4 is 10.6 Å². The van der Waals surface area contributed by atoms with Crippen LogP contribution in [0.5, 0.6) is 0 Å². The van der Waals surface area contributed by atoms with E-state index in [4.69, 9.17) is 0 Å². The van der Waals surface area contributed by atoms with E-state index in [1.165, 1.54) is 50.3 Å². The number of hydrogen-bond donors (Lipinski definition) is 2. The maximum absolute atomic E-state index is 12.4. The SMILES string of the molecule is Cc1cccc(NC(=O)CSCC(=O)NC23CC4CC(CC(C4)C2)C3)c1. The molecular formula is C21H28N2O2S. The fourth-order valence-electron chi connectivity index (χ4n) is 5.75. The fraction of sp³-hybridized carbons (Fsp3) is 0.619.